The van der Waals surface area contributed by atoms with Crippen LogP contribution in [0.1, 0.15) is 5.69 Å². The maximum Gasteiger partial charge on any atom is 0.193 e. The van der Waals surface area contributed by atoms with Crippen LogP contribution in [0.5, 0.6) is 5.75 Å². The number of aliphatic imine (C=N–C) groups is 1. The number of hydrogen-bond acceptors (Lipinski definition) is 5. The zero-order valence-corrected chi connectivity index (χ0v) is 15.7. The number of rotatable bonds is 6. The molecule has 0 unspecified atom stereocenters. The van der Waals surface area contributed by atoms with Crippen molar-refractivity contribution in [2.75, 3.05) is 46.4 Å². The number of para-hydroxylation sites is 1. The van der Waals surface area contributed by atoms with Crippen molar-refractivity contribution >= 4 is 17.6 Å². The predicted octanol–water partition coefficient (Wildman–Crippen LogP) is 2.10. The fraction of sp³-hybridized carbons (Fsp3) is 0.444. The zero-order chi connectivity index (χ0) is 18.2. The van der Waals surface area contributed by atoms with Crippen molar-refractivity contribution in [1.29, 1.82) is 0 Å². The highest BCUT2D eigenvalue weighted by Gasteiger charge is 2.20. The predicted molar refractivity (Wildman–Crippen MR) is 102 cm³/mol. The van der Waals surface area contributed by atoms with Gasteiger partial charge in [0, 0.05) is 45.8 Å². The van der Waals surface area contributed by atoms with Gasteiger partial charge in [-0.2, -0.15) is 0 Å². The molecule has 1 fully saturated rings. The van der Waals surface area contributed by atoms with Crippen LogP contribution in [0.15, 0.2) is 46.1 Å². The first kappa shape index (κ1) is 18.5. The lowest BCUT2D eigenvalue weighted by atomic mass is 10.3. The maximum absolute atomic E-state index is 6.09. The molecule has 1 aromatic heterocycles. The van der Waals surface area contributed by atoms with Crippen LogP contribution in [0, 0.1) is 0 Å². The highest BCUT2D eigenvalue weighted by molar-refractivity contribution is 6.32. The summed E-state index contributed by atoms with van der Waals surface area (Å²) in [4.78, 5) is 9.00. The van der Waals surface area contributed by atoms with Gasteiger partial charge in [0.15, 0.2) is 5.96 Å². The Hall–Kier alpha value is -2.25. The minimum Gasteiger partial charge on any atom is -0.490 e. The molecule has 1 aliphatic heterocycles. The molecule has 2 heterocycles. The SMILES string of the molecule is CN=C(NCCOc1ccccc1Cl)N1CCN(Cc2ccon2)CC1. The molecule has 2 aromatic rings. The van der Waals surface area contributed by atoms with Crippen molar-refractivity contribution in [2.45, 2.75) is 6.54 Å². The van der Waals surface area contributed by atoms with Gasteiger partial charge in [0.1, 0.15) is 18.6 Å². The summed E-state index contributed by atoms with van der Waals surface area (Å²) < 4.78 is 10.6. The van der Waals surface area contributed by atoms with Crippen molar-refractivity contribution in [3.63, 3.8) is 0 Å². The van der Waals surface area contributed by atoms with Crippen LogP contribution in [0.3, 0.4) is 0 Å². The summed E-state index contributed by atoms with van der Waals surface area (Å²) in [5.74, 6) is 1.60. The van der Waals surface area contributed by atoms with Crippen molar-refractivity contribution in [3.05, 3.63) is 47.3 Å². The smallest absolute Gasteiger partial charge is 0.193 e. The Morgan fingerprint density at radius 2 is 2.08 bits per heavy atom. The topological polar surface area (TPSA) is 66.1 Å². The van der Waals surface area contributed by atoms with Gasteiger partial charge in [0.05, 0.1) is 17.3 Å². The highest BCUT2D eigenvalue weighted by atomic mass is 35.5. The Labute approximate surface area is 158 Å². The molecule has 0 amide bonds. The first-order valence-electron chi connectivity index (χ1n) is 8.71. The highest BCUT2D eigenvalue weighted by Crippen LogP contribution is 2.22. The summed E-state index contributed by atoms with van der Waals surface area (Å²) in [6, 6.07) is 9.39. The zero-order valence-electron chi connectivity index (χ0n) is 14.9. The van der Waals surface area contributed by atoms with Gasteiger partial charge >= 0.3 is 0 Å². The molecule has 0 bridgehead atoms. The fourth-order valence-electron chi connectivity index (χ4n) is 2.88. The van der Waals surface area contributed by atoms with Gasteiger partial charge in [-0.3, -0.25) is 9.89 Å². The van der Waals surface area contributed by atoms with Crippen LogP contribution in [0.25, 0.3) is 0 Å². The first-order valence-corrected chi connectivity index (χ1v) is 9.08. The number of guanidine groups is 1. The molecule has 26 heavy (non-hydrogen) atoms. The Morgan fingerprint density at radius 1 is 1.27 bits per heavy atom. The third kappa shape index (κ3) is 5.12. The van der Waals surface area contributed by atoms with E-state index in [-0.39, 0.29) is 0 Å². The minimum atomic E-state index is 0.523. The summed E-state index contributed by atoms with van der Waals surface area (Å²) in [7, 11) is 1.80. The van der Waals surface area contributed by atoms with E-state index in [0.29, 0.717) is 23.9 Å². The molecule has 0 spiro atoms. The van der Waals surface area contributed by atoms with Gasteiger partial charge < -0.3 is 19.5 Å². The fourth-order valence-corrected chi connectivity index (χ4v) is 3.07. The van der Waals surface area contributed by atoms with E-state index in [0.717, 1.165) is 44.4 Å². The second-order valence-electron chi connectivity index (χ2n) is 6.01. The summed E-state index contributed by atoms with van der Waals surface area (Å²) in [6.45, 7) is 5.77. The van der Waals surface area contributed by atoms with E-state index in [1.807, 2.05) is 30.3 Å². The molecule has 1 saturated heterocycles. The molecule has 1 N–H and O–H groups in total. The van der Waals surface area contributed by atoms with Crippen LogP contribution in [0.2, 0.25) is 5.02 Å². The van der Waals surface area contributed by atoms with Crippen molar-refractivity contribution in [1.82, 2.24) is 20.3 Å². The van der Waals surface area contributed by atoms with Gasteiger partial charge in [-0.15, -0.1) is 0 Å². The molecular weight excluding hydrogens is 354 g/mol. The van der Waals surface area contributed by atoms with Crippen molar-refractivity contribution in [2.24, 2.45) is 4.99 Å². The van der Waals surface area contributed by atoms with E-state index in [9.17, 15) is 0 Å². The van der Waals surface area contributed by atoms with Gasteiger partial charge in [-0.05, 0) is 12.1 Å². The number of aromatic nitrogens is 1. The Morgan fingerprint density at radius 3 is 2.77 bits per heavy atom. The van der Waals surface area contributed by atoms with Gasteiger partial charge in [0.25, 0.3) is 0 Å². The normalized spacial score (nSPS) is 15.9. The molecule has 3 rings (SSSR count). The molecule has 1 aliphatic rings. The van der Waals surface area contributed by atoms with Crippen molar-refractivity contribution < 1.29 is 9.26 Å². The third-order valence-electron chi connectivity index (χ3n) is 4.24. The van der Waals surface area contributed by atoms with Crippen LogP contribution in [-0.4, -0.2) is 67.3 Å². The number of piperazine rings is 1. The molecule has 7 nitrogen and oxygen atoms in total. The van der Waals surface area contributed by atoms with E-state index < -0.39 is 0 Å². The summed E-state index contributed by atoms with van der Waals surface area (Å²) in [5, 5.41) is 7.95. The van der Waals surface area contributed by atoms with Gasteiger partial charge in [-0.1, -0.05) is 28.9 Å². The van der Waals surface area contributed by atoms with E-state index in [1.54, 1.807) is 13.3 Å². The molecule has 0 saturated carbocycles. The number of hydrogen-bond donors (Lipinski definition) is 1. The third-order valence-corrected chi connectivity index (χ3v) is 4.55. The maximum atomic E-state index is 6.09. The van der Waals surface area contributed by atoms with Crippen molar-refractivity contribution in [3.8, 4) is 5.75 Å². The number of halogens is 1. The molecule has 0 aliphatic carbocycles. The van der Waals surface area contributed by atoms with Gasteiger partial charge in [0.2, 0.25) is 0 Å². The van der Waals surface area contributed by atoms with E-state index in [1.165, 1.54) is 0 Å². The van der Waals surface area contributed by atoms with E-state index in [4.69, 9.17) is 20.9 Å². The van der Waals surface area contributed by atoms with Crippen LogP contribution < -0.4 is 10.1 Å². The minimum absolute atomic E-state index is 0.523. The van der Waals surface area contributed by atoms with Crippen LogP contribution in [0.4, 0.5) is 0 Å². The number of nitrogens with one attached hydrogen (secondary N) is 1. The standard InChI is InChI=1S/C18H24ClN5O2/c1-20-18(21-7-13-25-17-5-3-2-4-16(17)19)24-10-8-23(9-11-24)14-15-6-12-26-22-15/h2-6,12H,7-11,13-14H2,1H3,(H,20,21). The number of nitrogens with zero attached hydrogens (tertiary/aromatic N) is 4. The lowest BCUT2D eigenvalue weighted by molar-refractivity contribution is 0.168. The average molecular weight is 378 g/mol. The quantitative estimate of drug-likeness (QED) is 0.472. The Bertz CT molecular complexity index is 699. The van der Waals surface area contributed by atoms with Gasteiger partial charge in [-0.25, -0.2) is 0 Å². The summed E-state index contributed by atoms with van der Waals surface area (Å²) in [6.07, 6.45) is 1.61. The number of ether oxygens (including phenoxy) is 1. The molecule has 1 aromatic carbocycles. The summed E-state index contributed by atoms with van der Waals surface area (Å²) in [5.41, 5.74) is 0.970. The molecule has 140 valence electrons. The molecule has 0 radical (unpaired) electrons. The second kappa shape index (κ2) is 9.45. The largest absolute Gasteiger partial charge is 0.490 e. The Kier molecular flexibility index (Phi) is 6.74. The monoisotopic (exact) mass is 377 g/mol. The average Bonchev–Trinajstić information content (AvgIpc) is 3.17. The van der Waals surface area contributed by atoms with E-state index >= 15 is 0 Å². The summed E-state index contributed by atoms with van der Waals surface area (Å²) >= 11 is 6.09. The van der Waals surface area contributed by atoms with Crippen LogP contribution >= 0.6 is 11.6 Å². The Balaban J connectivity index is 1.38. The lowest BCUT2D eigenvalue weighted by Crippen LogP contribution is -2.52. The van der Waals surface area contributed by atoms with E-state index in [2.05, 4.69) is 25.3 Å². The molecule has 8 heteroatoms. The number of benzene rings is 1. The lowest BCUT2D eigenvalue weighted by Gasteiger charge is -2.36. The first-order chi connectivity index (χ1) is 12.8. The molecule has 0 atom stereocenters. The molecular formula is C18H24ClN5O2. The second-order valence-corrected chi connectivity index (χ2v) is 6.41. The van der Waals surface area contributed by atoms with Crippen LogP contribution in [-0.2, 0) is 6.54 Å².